The van der Waals surface area contributed by atoms with Crippen molar-refractivity contribution in [3.05, 3.63) is 34.9 Å². The van der Waals surface area contributed by atoms with Crippen LogP contribution in [0.2, 0.25) is 0 Å². The highest BCUT2D eigenvalue weighted by Gasteiger charge is 2.87. The Balaban J connectivity index is 1.96. The van der Waals surface area contributed by atoms with Crippen molar-refractivity contribution in [1.29, 1.82) is 0 Å². The van der Waals surface area contributed by atoms with Crippen LogP contribution in [0.5, 0.6) is 0 Å². The molecule has 35 heavy (non-hydrogen) atoms. The molecule has 2 fully saturated rings. The van der Waals surface area contributed by atoms with Crippen LogP contribution in [0.4, 0.5) is 0 Å². The van der Waals surface area contributed by atoms with Crippen LogP contribution in [-0.4, -0.2) is 62.6 Å². The molecule has 8 heteroatoms. The number of ketones is 1. The number of aliphatic hydroxyl groups excluding tert-OH is 1. The molecule has 4 rings (SSSR count). The molecule has 0 bridgehead atoms. The zero-order chi connectivity index (χ0) is 26.3. The van der Waals surface area contributed by atoms with E-state index in [1.807, 2.05) is 13.8 Å². The van der Waals surface area contributed by atoms with Crippen LogP contribution < -0.4 is 0 Å². The van der Waals surface area contributed by atoms with Crippen LogP contribution >= 0.6 is 0 Å². The van der Waals surface area contributed by atoms with E-state index in [0.29, 0.717) is 16.7 Å². The summed E-state index contributed by atoms with van der Waals surface area (Å²) < 4.78 is 12.0. The number of hydrogen-bond acceptors (Lipinski definition) is 8. The Kier molecular flexibility index (Phi) is 5.79. The van der Waals surface area contributed by atoms with Crippen molar-refractivity contribution >= 4 is 17.7 Å². The van der Waals surface area contributed by atoms with E-state index in [4.69, 9.17) is 9.47 Å². The highest BCUT2D eigenvalue weighted by atomic mass is 16.6. The molecular weight excluding hydrogens is 452 g/mol. The Morgan fingerprint density at radius 1 is 1.20 bits per heavy atom. The predicted octanol–water partition coefficient (Wildman–Crippen LogP) is 2.02. The number of ether oxygens (including phenoxy) is 2. The Morgan fingerprint density at radius 2 is 1.83 bits per heavy atom. The molecule has 0 aromatic rings. The fourth-order valence-electron chi connectivity index (χ4n) is 7.35. The molecule has 0 spiro atoms. The quantitative estimate of drug-likeness (QED) is 0.311. The monoisotopic (exact) mass is 488 g/mol. The maximum Gasteiger partial charge on any atom is 0.334 e. The van der Waals surface area contributed by atoms with Crippen LogP contribution in [0, 0.1) is 29.1 Å². The van der Waals surface area contributed by atoms with E-state index in [1.54, 1.807) is 45.9 Å². The van der Waals surface area contributed by atoms with Crippen molar-refractivity contribution < 1.29 is 39.2 Å². The van der Waals surface area contributed by atoms with Gasteiger partial charge in [0.05, 0.1) is 12.2 Å². The van der Waals surface area contributed by atoms with Crippen molar-refractivity contribution in [2.75, 3.05) is 6.61 Å². The molecule has 0 heterocycles. The van der Waals surface area contributed by atoms with E-state index in [0.717, 1.165) is 0 Å². The minimum Gasteiger partial charge on any atom is -0.458 e. The zero-order valence-electron chi connectivity index (χ0n) is 21.4. The van der Waals surface area contributed by atoms with E-state index in [-0.39, 0.29) is 6.42 Å². The molecule has 8 atom stereocenters. The Labute approximate surface area is 205 Å². The summed E-state index contributed by atoms with van der Waals surface area (Å²) in [5.41, 5.74) is -4.45. The van der Waals surface area contributed by atoms with Gasteiger partial charge in [0.1, 0.15) is 11.7 Å². The van der Waals surface area contributed by atoms with Gasteiger partial charge in [-0.25, -0.2) is 4.79 Å². The predicted molar refractivity (Wildman–Crippen MR) is 126 cm³/mol. The van der Waals surface area contributed by atoms with Crippen molar-refractivity contribution in [2.45, 2.75) is 77.8 Å². The van der Waals surface area contributed by atoms with Crippen molar-refractivity contribution in [1.82, 2.24) is 0 Å². The molecule has 4 aliphatic carbocycles. The maximum absolute atomic E-state index is 13.1. The van der Waals surface area contributed by atoms with Gasteiger partial charge < -0.3 is 24.8 Å². The van der Waals surface area contributed by atoms with Crippen LogP contribution in [0.25, 0.3) is 0 Å². The number of carbonyl (C=O) groups excluding carboxylic acids is 3. The lowest BCUT2D eigenvalue weighted by Crippen LogP contribution is -2.66. The normalized spacial score (nSPS) is 43.7. The lowest BCUT2D eigenvalue weighted by atomic mass is 9.59. The molecule has 8 nitrogen and oxygen atoms in total. The SMILES string of the molecule is C/C=C(\C)C(=O)O[C@]12C(C3C=C(CO)C[C@]4(O)C(=O)C(C)=CC4[C@@]3(O)[C@H](C)[C@H]1OC(C)=O)C2(C)C. The fraction of sp³-hybridized carbons (Fsp3) is 0.667. The summed E-state index contributed by atoms with van der Waals surface area (Å²) in [6.45, 7) is 11.3. The van der Waals surface area contributed by atoms with Crippen LogP contribution in [0.3, 0.4) is 0 Å². The summed E-state index contributed by atoms with van der Waals surface area (Å²) >= 11 is 0. The summed E-state index contributed by atoms with van der Waals surface area (Å²) in [5, 5.41) is 34.3. The first-order chi connectivity index (χ1) is 16.1. The van der Waals surface area contributed by atoms with E-state index >= 15 is 0 Å². The average Bonchev–Trinajstić information content (AvgIpc) is 3.21. The second-order valence-electron chi connectivity index (χ2n) is 11.3. The molecule has 0 aromatic carbocycles. The van der Waals surface area contributed by atoms with Gasteiger partial charge in [-0.1, -0.05) is 39.0 Å². The number of Topliss-reactive ketones (excluding diaryl/α,β-unsaturated/α-hetero) is 1. The van der Waals surface area contributed by atoms with Gasteiger partial charge in [0.15, 0.2) is 11.4 Å². The van der Waals surface area contributed by atoms with Crippen LogP contribution in [0.15, 0.2) is 34.9 Å². The maximum atomic E-state index is 13.1. The van der Waals surface area contributed by atoms with Crippen molar-refractivity contribution in [3.63, 3.8) is 0 Å². The third-order valence-electron chi connectivity index (χ3n) is 9.27. The molecule has 0 saturated heterocycles. The molecule has 4 aliphatic rings. The number of rotatable bonds is 4. The summed E-state index contributed by atoms with van der Waals surface area (Å²) in [5.74, 6) is -4.63. The summed E-state index contributed by atoms with van der Waals surface area (Å²) in [6, 6.07) is 0. The molecule has 192 valence electrons. The highest BCUT2D eigenvalue weighted by Crippen LogP contribution is 2.77. The van der Waals surface area contributed by atoms with Crippen LogP contribution in [-0.2, 0) is 23.9 Å². The number of fused-ring (bicyclic) bond motifs is 5. The molecular formula is C27H36O8. The van der Waals surface area contributed by atoms with Gasteiger partial charge in [-0.2, -0.15) is 0 Å². The highest BCUT2D eigenvalue weighted by molar-refractivity contribution is 6.04. The zero-order valence-corrected chi connectivity index (χ0v) is 21.4. The van der Waals surface area contributed by atoms with Crippen molar-refractivity contribution in [3.8, 4) is 0 Å². The first-order valence-corrected chi connectivity index (χ1v) is 12.2. The second-order valence-corrected chi connectivity index (χ2v) is 11.3. The minimum atomic E-state index is -1.94. The van der Waals surface area contributed by atoms with Crippen molar-refractivity contribution in [2.24, 2.45) is 29.1 Å². The van der Waals surface area contributed by atoms with E-state index in [2.05, 4.69) is 0 Å². The van der Waals surface area contributed by atoms with E-state index in [1.165, 1.54) is 6.92 Å². The number of allylic oxidation sites excluding steroid dienone is 1. The molecule has 0 aromatic heterocycles. The molecule has 0 radical (unpaired) electrons. The first-order valence-electron chi connectivity index (χ1n) is 12.2. The summed E-state index contributed by atoms with van der Waals surface area (Å²) in [4.78, 5) is 38.4. The third kappa shape index (κ3) is 3.12. The van der Waals surface area contributed by atoms with Gasteiger partial charge in [-0.3, -0.25) is 9.59 Å². The molecule has 0 aliphatic heterocycles. The second kappa shape index (κ2) is 7.85. The lowest BCUT2D eigenvalue weighted by molar-refractivity contribution is -0.227. The molecule has 3 N–H and O–H groups in total. The largest absolute Gasteiger partial charge is 0.458 e. The third-order valence-corrected chi connectivity index (χ3v) is 9.27. The molecule has 2 saturated carbocycles. The number of esters is 2. The smallest absolute Gasteiger partial charge is 0.334 e. The van der Waals surface area contributed by atoms with Gasteiger partial charge >= 0.3 is 11.9 Å². The first kappa shape index (κ1) is 25.8. The average molecular weight is 489 g/mol. The van der Waals surface area contributed by atoms with Gasteiger partial charge in [0, 0.05) is 48.0 Å². The lowest BCUT2D eigenvalue weighted by Gasteiger charge is -2.53. The fourth-order valence-corrected chi connectivity index (χ4v) is 7.35. The number of aliphatic hydroxyl groups is 3. The number of hydrogen-bond donors (Lipinski definition) is 3. The van der Waals surface area contributed by atoms with Gasteiger partial charge in [0.2, 0.25) is 0 Å². The van der Waals surface area contributed by atoms with E-state index in [9.17, 15) is 29.7 Å². The Bertz CT molecular complexity index is 1080. The van der Waals surface area contributed by atoms with Gasteiger partial charge in [-0.15, -0.1) is 0 Å². The summed E-state index contributed by atoms with van der Waals surface area (Å²) in [7, 11) is 0. The summed E-state index contributed by atoms with van der Waals surface area (Å²) in [6.07, 6.45) is 3.83. The van der Waals surface area contributed by atoms with Crippen LogP contribution in [0.1, 0.15) is 54.9 Å². The standard InChI is InChI=1S/C27H36O8/c1-8-13(2)23(31)35-27-20(24(27,6)7)18-10-17(12-28)11-25(32)19(9-14(3)21(25)30)26(18,33)15(4)22(27)34-16(5)29/h8-10,15,18-20,22,28,32-33H,11-12H2,1-7H3/b13-8+/t15-,18?,19?,20?,22-,25-,26-,27-/m1/s1. The Hall–Kier alpha value is -2.29. The molecule has 0 amide bonds. The molecule has 3 unspecified atom stereocenters. The number of carbonyl (C=O) groups is 3. The van der Waals surface area contributed by atoms with E-state index < -0.39 is 76.3 Å². The Morgan fingerprint density at radius 3 is 2.37 bits per heavy atom. The topological polar surface area (TPSA) is 130 Å². The van der Waals surface area contributed by atoms with Gasteiger partial charge in [0.25, 0.3) is 0 Å². The van der Waals surface area contributed by atoms with Gasteiger partial charge in [-0.05, 0) is 31.9 Å². The minimum absolute atomic E-state index is 0.123.